The van der Waals surface area contributed by atoms with E-state index in [0.29, 0.717) is 13.1 Å². The second kappa shape index (κ2) is 8.07. The van der Waals surface area contributed by atoms with Crippen molar-refractivity contribution in [1.29, 1.82) is 0 Å². The van der Waals surface area contributed by atoms with Crippen molar-refractivity contribution < 1.29 is 22.1 Å². The zero-order valence-corrected chi connectivity index (χ0v) is 15.1. The van der Waals surface area contributed by atoms with Crippen LogP contribution in [0.15, 0.2) is 59.5 Å². The maximum atomic E-state index is 13.8. The van der Waals surface area contributed by atoms with E-state index in [4.69, 9.17) is 0 Å². The molecule has 2 aromatic rings. The molecule has 1 N–H and O–H groups in total. The smallest absolute Gasteiger partial charge is 0.249 e. The Morgan fingerprint density at radius 1 is 0.962 bits per heavy atom. The van der Waals surface area contributed by atoms with Gasteiger partial charge in [0.2, 0.25) is 10.0 Å². The Morgan fingerprint density at radius 2 is 1.58 bits per heavy atom. The van der Waals surface area contributed by atoms with Gasteiger partial charge in [0.05, 0.1) is 32.7 Å². The van der Waals surface area contributed by atoms with E-state index in [1.807, 2.05) is 36.4 Å². The molecule has 0 aromatic heterocycles. The van der Waals surface area contributed by atoms with Crippen LogP contribution in [0.3, 0.4) is 0 Å². The van der Waals surface area contributed by atoms with Gasteiger partial charge in [-0.3, -0.25) is 0 Å². The van der Waals surface area contributed by atoms with Gasteiger partial charge in [0.1, 0.15) is 11.6 Å². The molecular formula is C19H21F2N2O2S+. The summed E-state index contributed by atoms with van der Waals surface area (Å²) in [6.07, 6.45) is 4.09. The summed E-state index contributed by atoms with van der Waals surface area (Å²) in [7, 11) is -4.16. The third kappa shape index (κ3) is 4.17. The number of halogens is 2. The summed E-state index contributed by atoms with van der Waals surface area (Å²) in [5.74, 6) is -2.10. The molecule has 4 nitrogen and oxygen atoms in total. The van der Waals surface area contributed by atoms with Crippen LogP contribution in [0.2, 0.25) is 0 Å². The first kappa shape index (κ1) is 18.7. The van der Waals surface area contributed by atoms with E-state index in [1.54, 1.807) is 0 Å². The molecule has 0 unspecified atom stereocenters. The summed E-state index contributed by atoms with van der Waals surface area (Å²) >= 11 is 0. The lowest BCUT2D eigenvalue weighted by atomic mass is 10.2. The van der Waals surface area contributed by atoms with Crippen LogP contribution < -0.4 is 4.90 Å². The number of hydrogen-bond donors (Lipinski definition) is 1. The number of benzene rings is 2. The summed E-state index contributed by atoms with van der Waals surface area (Å²) < 4.78 is 54.0. The number of nitrogens with one attached hydrogen (secondary N) is 1. The van der Waals surface area contributed by atoms with Gasteiger partial charge in [0.25, 0.3) is 0 Å². The molecule has 0 spiro atoms. The molecule has 1 aliphatic rings. The standard InChI is InChI=1S/C19H20F2N2O2S/c20-17-9-4-10-18(21)19(17)26(24,25)23-14-12-22(13-15-23)11-5-8-16-6-2-1-3-7-16/h1-10H,11-15H2/p+1/b8-5+. The largest absolute Gasteiger partial charge is 0.329 e. The Labute approximate surface area is 152 Å². The number of sulfonamides is 1. The van der Waals surface area contributed by atoms with E-state index < -0.39 is 26.6 Å². The predicted molar refractivity (Wildman–Crippen MR) is 96.2 cm³/mol. The second-order valence-electron chi connectivity index (χ2n) is 6.22. The Balaban J connectivity index is 1.60. The monoisotopic (exact) mass is 379 g/mol. The van der Waals surface area contributed by atoms with E-state index >= 15 is 0 Å². The average molecular weight is 379 g/mol. The van der Waals surface area contributed by atoms with Crippen molar-refractivity contribution in [2.24, 2.45) is 0 Å². The highest BCUT2D eigenvalue weighted by molar-refractivity contribution is 7.89. The highest BCUT2D eigenvalue weighted by Gasteiger charge is 2.34. The Morgan fingerprint density at radius 3 is 2.19 bits per heavy atom. The van der Waals surface area contributed by atoms with Gasteiger partial charge < -0.3 is 4.90 Å². The van der Waals surface area contributed by atoms with Crippen LogP contribution in [0.1, 0.15) is 5.56 Å². The molecule has 1 aliphatic heterocycles. The normalized spacial score (nSPS) is 17.0. The van der Waals surface area contributed by atoms with E-state index in [0.717, 1.165) is 30.3 Å². The van der Waals surface area contributed by atoms with Gasteiger partial charge in [-0.1, -0.05) is 42.5 Å². The van der Waals surface area contributed by atoms with Crippen LogP contribution in [0, 0.1) is 11.6 Å². The highest BCUT2D eigenvalue weighted by Crippen LogP contribution is 2.22. The van der Waals surface area contributed by atoms with Gasteiger partial charge in [-0.15, -0.1) is 0 Å². The van der Waals surface area contributed by atoms with Crippen molar-refractivity contribution in [2.45, 2.75) is 4.90 Å². The molecule has 26 heavy (non-hydrogen) atoms. The molecule has 1 fully saturated rings. The molecule has 0 saturated carbocycles. The van der Waals surface area contributed by atoms with E-state index in [2.05, 4.69) is 6.08 Å². The molecule has 1 saturated heterocycles. The molecule has 138 valence electrons. The lowest BCUT2D eigenvalue weighted by Crippen LogP contribution is -3.14. The third-order valence-corrected chi connectivity index (χ3v) is 6.41. The van der Waals surface area contributed by atoms with Crippen molar-refractivity contribution in [3.63, 3.8) is 0 Å². The SMILES string of the molecule is O=S(=O)(c1c(F)cccc1F)N1CC[NH+](C/C=C/c2ccccc2)CC1. The van der Waals surface area contributed by atoms with Crippen LogP contribution in [0.25, 0.3) is 6.08 Å². The maximum Gasteiger partial charge on any atom is 0.249 e. The lowest BCUT2D eigenvalue weighted by Gasteiger charge is -2.31. The summed E-state index contributed by atoms with van der Waals surface area (Å²) in [4.78, 5) is 0.380. The van der Waals surface area contributed by atoms with Crippen molar-refractivity contribution in [3.8, 4) is 0 Å². The van der Waals surface area contributed by atoms with Crippen LogP contribution in [-0.2, 0) is 10.0 Å². The van der Waals surface area contributed by atoms with Gasteiger partial charge in [0.15, 0.2) is 4.90 Å². The molecule has 2 aromatic carbocycles. The summed E-state index contributed by atoms with van der Waals surface area (Å²) in [6, 6.07) is 13.0. The van der Waals surface area contributed by atoms with E-state index in [1.165, 1.54) is 9.21 Å². The fourth-order valence-electron chi connectivity index (χ4n) is 3.03. The Kier molecular flexibility index (Phi) is 5.80. The maximum absolute atomic E-state index is 13.8. The predicted octanol–water partition coefficient (Wildman–Crippen LogP) is 1.57. The second-order valence-corrected chi connectivity index (χ2v) is 8.10. The molecule has 3 rings (SSSR count). The van der Waals surface area contributed by atoms with Crippen molar-refractivity contribution >= 4 is 16.1 Å². The Bertz CT molecular complexity index is 857. The number of nitrogens with zero attached hydrogens (tertiary/aromatic N) is 1. The van der Waals surface area contributed by atoms with Crippen LogP contribution in [-0.4, -0.2) is 45.4 Å². The summed E-state index contributed by atoms with van der Waals surface area (Å²) in [5.41, 5.74) is 1.11. The molecule has 7 heteroatoms. The minimum absolute atomic E-state index is 0.241. The minimum Gasteiger partial charge on any atom is -0.329 e. The first-order valence-corrected chi connectivity index (χ1v) is 9.92. The van der Waals surface area contributed by atoms with Crippen LogP contribution in [0.5, 0.6) is 0 Å². The van der Waals surface area contributed by atoms with Crippen molar-refractivity contribution in [2.75, 3.05) is 32.7 Å². The highest BCUT2D eigenvalue weighted by atomic mass is 32.2. The fourth-order valence-corrected chi connectivity index (χ4v) is 4.58. The minimum atomic E-state index is -4.16. The van der Waals surface area contributed by atoms with Crippen molar-refractivity contribution in [3.05, 3.63) is 71.8 Å². The van der Waals surface area contributed by atoms with Gasteiger partial charge in [-0.2, -0.15) is 4.31 Å². The molecule has 0 aliphatic carbocycles. The molecular weight excluding hydrogens is 358 g/mol. The number of piperazine rings is 1. The summed E-state index contributed by atoms with van der Waals surface area (Å²) in [6.45, 7) is 2.44. The van der Waals surface area contributed by atoms with Gasteiger partial charge in [0, 0.05) is 0 Å². The molecule has 0 atom stereocenters. The molecule has 0 radical (unpaired) electrons. The van der Waals surface area contributed by atoms with Crippen LogP contribution >= 0.6 is 0 Å². The summed E-state index contributed by atoms with van der Waals surface area (Å²) in [5, 5.41) is 0. The lowest BCUT2D eigenvalue weighted by molar-refractivity contribution is -0.897. The zero-order valence-electron chi connectivity index (χ0n) is 14.2. The third-order valence-electron chi connectivity index (χ3n) is 4.46. The number of rotatable bonds is 5. The number of quaternary nitrogens is 1. The topological polar surface area (TPSA) is 41.8 Å². The van der Waals surface area contributed by atoms with Crippen molar-refractivity contribution in [1.82, 2.24) is 4.31 Å². The molecule has 0 bridgehead atoms. The first-order chi connectivity index (χ1) is 12.5. The molecule has 1 heterocycles. The van der Waals surface area contributed by atoms with Gasteiger partial charge in [-0.05, 0) is 23.8 Å². The van der Waals surface area contributed by atoms with Gasteiger partial charge in [-0.25, -0.2) is 17.2 Å². The zero-order chi connectivity index (χ0) is 18.6. The Hall–Kier alpha value is -2.09. The number of hydrogen-bond acceptors (Lipinski definition) is 2. The molecule has 0 amide bonds. The van der Waals surface area contributed by atoms with E-state index in [-0.39, 0.29) is 13.1 Å². The van der Waals surface area contributed by atoms with Crippen LogP contribution in [0.4, 0.5) is 8.78 Å². The van der Waals surface area contributed by atoms with E-state index in [9.17, 15) is 17.2 Å². The first-order valence-electron chi connectivity index (χ1n) is 8.48. The van der Waals surface area contributed by atoms with Gasteiger partial charge >= 0.3 is 0 Å². The fraction of sp³-hybridized carbons (Fsp3) is 0.263. The average Bonchev–Trinajstić information content (AvgIpc) is 2.63. The quantitative estimate of drug-likeness (QED) is 0.857.